The molecule has 2 aliphatic carbocycles. The van der Waals surface area contributed by atoms with Crippen LogP contribution in [0.5, 0.6) is 5.75 Å². The molecule has 0 bridgehead atoms. The first-order valence-corrected chi connectivity index (χ1v) is 22.8. The Bertz CT molecular complexity index is 1240. The predicted octanol–water partition coefficient (Wildman–Crippen LogP) is 5.01. The lowest BCUT2D eigenvalue weighted by atomic mass is 9.80. The van der Waals surface area contributed by atoms with Crippen molar-refractivity contribution in [2.45, 2.75) is 77.5 Å². The summed E-state index contributed by atoms with van der Waals surface area (Å²) in [5.41, 5.74) is 4.99. The predicted molar refractivity (Wildman–Crippen MR) is 152 cm³/mol. The van der Waals surface area contributed by atoms with Gasteiger partial charge in [0.15, 0.2) is 5.88 Å². The van der Waals surface area contributed by atoms with Crippen LogP contribution in [0.1, 0.15) is 5.56 Å². The molecule has 0 unspecified atom stereocenters. The Morgan fingerprint density at radius 2 is 1.68 bits per heavy atom. The minimum atomic E-state index is -1.76. The SMILES string of the molecule is C=C(O[Si](C)(C)C)N(C)[C@@H]1Cc2ccc(OC)c3c2=C2C1=CC([Si](C)(C)C)=C([Si](C)(C)C)[C@@H]2[O+]=3. The average molecular weight is 513 g/mol. The highest BCUT2D eigenvalue weighted by molar-refractivity contribution is 6.90. The van der Waals surface area contributed by atoms with Crippen LogP contribution in [0, 0.1) is 0 Å². The molecule has 0 spiro atoms. The highest BCUT2D eigenvalue weighted by Gasteiger charge is 2.52. The van der Waals surface area contributed by atoms with E-state index in [0.29, 0.717) is 0 Å². The van der Waals surface area contributed by atoms with Gasteiger partial charge in [0.1, 0.15) is 0 Å². The zero-order valence-electron chi connectivity index (χ0n) is 23.0. The van der Waals surface area contributed by atoms with Crippen LogP contribution < -0.4 is 15.4 Å². The fourth-order valence-corrected chi connectivity index (χ4v) is 12.1. The maximum atomic E-state index is 6.89. The first kappa shape index (κ1) is 25.3. The lowest BCUT2D eigenvalue weighted by Crippen LogP contribution is -2.48. The van der Waals surface area contributed by atoms with Gasteiger partial charge in [0.2, 0.25) is 14.1 Å². The van der Waals surface area contributed by atoms with E-state index in [1.807, 2.05) is 0 Å². The van der Waals surface area contributed by atoms with E-state index in [-0.39, 0.29) is 12.1 Å². The molecular formula is C27H42NO3Si3+. The molecule has 1 aromatic rings. The number of methoxy groups -OCH3 is 1. The number of rotatable bonds is 7. The van der Waals surface area contributed by atoms with Gasteiger partial charge in [-0.15, -0.1) is 0 Å². The number of nitrogens with zero attached hydrogens (tertiary/aromatic N) is 1. The number of allylic oxidation sites excluding steroid dienone is 2. The van der Waals surface area contributed by atoms with Crippen molar-refractivity contribution in [3.8, 4) is 5.75 Å². The molecule has 0 aromatic heterocycles. The van der Waals surface area contributed by atoms with Gasteiger partial charge in [-0.25, -0.2) is 4.42 Å². The molecule has 1 aromatic carbocycles. The monoisotopic (exact) mass is 512 g/mol. The van der Waals surface area contributed by atoms with E-state index >= 15 is 0 Å². The first-order chi connectivity index (χ1) is 15.5. The van der Waals surface area contributed by atoms with Gasteiger partial charge in [0, 0.05) is 12.2 Å². The number of hydrogen-bond acceptors (Lipinski definition) is 3. The van der Waals surface area contributed by atoms with Crippen molar-refractivity contribution in [2.24, 2.45) is 0 Å². The Balaban J connectivity index is 2.01. The molecule has 1 aliphatic heterocycles. The van der Waals surface area contributed by atoms with Gasteiger partial charge < -0.3 is 14.1 Å². The summed E-state index contributed by atoms with van der Waals surface area (Å²) >= 11 is 0. The number of ether oxygens (including phenoxy) is 1. The highest BCUT2D eigenvalue weighted by atomic mass is 28.4. The molecular weight excluding hydrogens is 471 g/mol. The third kappa shape index (κ3) is 4.20. The summed E-state index contributed by atoms with van der Waals surface area (Å²) in [5.74, 6) is 1.61. The van der Waals surface area contributed by atoms with Gasteiger partial charge in [-0.05, 0) is 49.8 Å². The van der Waals surface area contributed by atoms with Crippen molar-refractivity contribution >= 4 is 30.0 Å². The first-order valence-electron chi connectivity index (χ1n) is 12.4. The Kier molecular flexibility index (Phi) is 6.02. The molecule has 7 heteroatoms. The Hall–Kier alpha value is -1.84. The van der Waals surface area contributed by atoms with E-state index in [0.717, 1.165) is 23.5 Å². The van der Waals surface area contributed by atoms with Crippen LogP contribution in [0.2, 0.25) is 58.9 Å². The summed E-state index contributed by atoms with van der Waals surface area (Å²) in [6.45, 7) is 25.8. The van der Waals surface area contributed by atoms with E-state index in [2.05, 4.69) is 95.7 Å². The van der Waals surface area contributed by atoms with Crippen LogP contribution in [0.3, 0.4) is 0 Å². The quantitative estimate of drug-likeness (QED) is 0.292. The van der Waals surface area contributed by atoms with Gasteiger partial charge in [0.05, 0.1) is 40.1 Å². The lowest BCUT2D eigenvalue weighted by Gasteiger charge is -2.41. The Labute approximate surface area is 208 Å². The van der Waals surface area contributed by atoms with Gasteiger partial charge in [-0.2, -0.15) is 0 Å². The highest BCUT2D eigenvalue weighted by Crippen LogP contribution is 2.45. The molecule has 0 N–H and O–H groups in total. The zero-order chi connectivity index (χ0) is 25.4. The van der Waals surface area contributed by atoms with E-state index in [9.17, 15) is 0 Å². The largest absolute Gasteiger partial charge is 0.533 e. The van der Waals surface area contributed by atoms with Crippen LogP contribution in [-0.4, -0.2) is 55.7 Å². The van der Waals surface area contributed by atoms with E-state index in [1.165, 1.54) is 21.9 Å². The third-order valence-electron chi connectivity index (χ3n) is 7.03. The summed E-state index contributed by atoms with van der Waals surface area (Å²) in [6, 6.07) is 4.47. The molecule has 34 heavy (non-hydrogen) atoms. The van der Waals surface area contributed by atoms with Crippen molar-refractivity contribution < 1.29 is 9.16 Å². The summed E-state index contributed by atoms with van der Waals surface area (Å²) in [7, 11) is -1.19. The van der Waals surface area contributed by atoms with Gasteiger partial charge in [-0.1, -0.05) is 56.6 Å². The molecule has 4 nitrogen and oxygen atoms in total. The molecule has 0 fully saturated rings. The van der Waals surface area contributed by atoms with Crippen molar-refractivity contribution in [3.63, 3.8) is 0 Å². The van der Waals surface area contributed by atoms with Crippen LogP contribution >= 0.6 is 0 Å². The maximum absolute atomic E-state index is 6.89. The Morgan fingerprint density at radius 3 is 2.21 bits per heavy atom. The van der Waals surface area contributed by atoms with E-state index in [1.54, 1.807) is 17.5 Å². The minimum Gasteiger partial charge on any atom is -0.533 e. The van der Waals surface area contributed by atoms with Gasteiger partial charge >= 0.3 is 11.5 Å². The standard InChI is InChI=1S/C27H42NO3Si3/c1-17(31-34(10,11)12)28(2)20-15-18-13-14-21(29-3)25-23(18)24-19(20)16-22(32(4,5)6)27(26(24)30-25)33(7,8)9/h13-14,16,20,26H,1,15H2,2-12H3/q+1/t20-,26-/m1/s1. The van der Waals surface area contributed by atoms with Crippen molar-refractivity contribution in [1.29, 1.82) is 0 Å². The Morgan fingerprint density at radius 1 is 1.03 bits per heavy atom. The molecule has 4 rings (SSSR count). The van der Waals surface area contributed by atoms with E-state index in [4.69, 9.17) is 13.6 Å². The second-order valence-electron chi connectivity index (χ2n) is 12.9. The number of hydrogen-bond donors (Lipinski definition) is 0. The summed E-state index contributed by atoms with van der Waals surface area (Å²) in [6.07, 6.45) is 3.44. The average Bonchev–Trinajstić information content (AvgIpc) is 3.08. The molecule has 1 heterocycles. The summed E-state index contributed by atoms with van der Waals surface area (Å²) in [5, 5.41) is 4.40. The molecule has 0 saturated carbocycles. The second kappa shape index (κ2) is 8.10. The van der Waals surface area contributed by atoms with Crippen LogP contribution in [0.15, 0.2) is 51.1 Å². The molecule has 3 aliphatic rings. The van der Waals surface area contributed by atoms with Crippen LogP contribution in [-0.2, 0) is 10.8 Å². The fraction of sp³-hybridized carbons (Fsp3) is 0.519. The third-order valence-corrected chi connectivity index (χ3v) is 12.3. The molecule has 0 radical (unpaired) electrons. The minimum absolute atomic E-state index is 0.0131. The second-order valence-corrected chi connectivity index (χ2v) is 27.4. The topological polar surface area (TPSA) is 33.0 Å². The van der Waals surface area contributed by atoms with Crippen molar-refractivity contribution in [1.82, 2.24) is 4.90 Å². The molecule has 0 amide bonds. The molecule has 2 atom stereocenters. The van der Waals surface area contributed by atoms with Gasteiger partial charge in [-0.3, -0.25) is 0 Å². The molecule has 0 saturated heterocycles. The number of likely N-dealkylation sites (N-methyl/N-ethyl adjacent to an activating group) is 1. The summed E-state index contributed by atoms with van der Waals surface area (Å²) in [4.78, 5) is 2.26. The van der Waals surface area contributed by atoms with Crippen molar-refractivity contribution in [3.05, 3.63) is 67.3 Å². The lowest BCUT2D eigenvalue weighted by molar-refractivity contribution is 0.211. The van der Waals surface area contributed by atoms with Gasteiger partial charge in [0.25, 0.3) is 0 Å². The smallest absolute Gasteiger partial charge is 0.394 e. The fourth-order valence-electron chi connectivity index (χ4n) is 5.56. The number of benzene rings is 1. The summed E-state index contributed by atoms with van der Waals surface area (Å²) < 4.78 is 19.0. The maximum Gasteiger partial charge on any atom is 0.394 e. The molecule has 184 valence electrons. The van der Waals surface area contributed by atoms with Crippen molar-refractivity contribution in [2.75, 3.05) is 14.2 Å². The zero-order valence-corrected chi connectivity index (χ0v) is 26.0. The van der Waals surface area contributed by atoms with Crippen LogP contribution in [0.25, 0.3) is 5.57 Å². The normalized spacial score (nSPS) is 21.6. The van der Waals surface area contributed by atoms with E-state index < -0.39 is 24.5 Å². The van der Waals surface area contributed by atoms with Crippen LogP contribution in [0.4, 0.5) is 0 Å².